The molecule has 94 heavy (non-hydrogen) atoms. The van der Waals surface area contributed by atoms with Gasteiger partial charge < -0.3 is 44.4 Å². The summed E-state index contributed by atoms with van der Waals surface area (Å²) in [7, 11) is -1.03. The number of nitrogens with one attached hydrogen (secondary N) is 4. The summed E-state index contributed by atoms with van der Waals surface area (Å²) in [6.07, 6.45) is 4.46. The normalized spacial score (nSPS) is 17.5. The number of carbonyl (C=O) groups excluding carboxylic acids is 6. The molecule has 3 aromatic heterocycles. The quantitative estimate of drug-likeness (QED) is 0.0498. The molecule has 3 aliphatic heterocycles. The average molecular weight is 1330 g/mol. The van der Waals surface area contributed by atoms with Gasteiger partial charge in [0.15, 0.2) is 5.44 Å². The summed E-state index contributed by atoms with van der Waals surface area (Å²) >= 11 is 2.74. The van der Waals surface area contributed by atoms with Crippen molar-refractivity contribution in [2.24, 2.45) is 0 Å². The number of hydrogen-bond donors (Lipinski definition) is 4. The van der Waals surface area contributed by atoms with Crippen LogP contribution < -0.4 is 33.0 Å². The van der Waals surface area contributed by atoms with Crippen LogP contribution in [0.4, 0.5) is 17.5 Å². The molecule has 0 saturated carbocycles. The molecule has 6 atom stereocenters. The topological polar surface area (TPSA) is 326 Å². The van der Waals surface area contributed by atoms with E-state index in [9.17, 15) is 47.4 Å². The van der Waals surface area contributed by atoms with Gasteiger partial charge in [0.05, 0.1) is 47.3 Å². The Kier molecular flexibility index (Phi) is 25.1. The Balaban J connectivity index is 0.000000155. The Morgan fingerprint density at radius 2 is 0.840 bits per heavy atom. The van der Waals surface area contributed by atoms with Gasteiger partial charge in [-0.05, 0) is 91.0 Å². The third-order valence-corrected chi connectivity index (χ3v) is 17.2. The summed E-state index contributed by atoms with van der Waals surface area (Å²) in [5.74, 6) is -1.03. The molecule has 6 aromatic carbocycles. The second-order valence-corrected chi connectivity index (χ2v) is 24.1. The Hall–Kier alpha value is -10.5. The van der Waals surface area contributed by atoms with E-state index in [0.29, 0.717) is 51.6 Å². The Morgan fingerprint density at radius 3 is 1.19 bits per heavy atom. The van der Waals surface area contributed by atoms with E-state index in [0.717, 1.165) is 0 Å². The van der Waals surface area contributed by atoms with Gasteiger partial charge in [-0.3, -0.25) is 32.7 Å². The van der Waals surface area contributed by atoms with Gasteiger partial charge in [0.1, 0.15) is 58.9 Å². The van der Waals surface area contributed by atoms with E-state index in [1.165, 1.54) is 44.9 Å². The number of anilines is 3. The van der Waals surface area contributed by atoms with Gasteiger partial charge >= 0.3 is 35.0 Å². The molecule has 9 aromatic rings. The second-order valence-electron chi connectivity index (χ2n) is 19.7. The second kappa shape index (κ2) is 34.8. The molecule has 0 bridgehead atoms. The first-order valence-electron chi connectivity index (χ1n) is 28.8. The molecule has 482 valence electrons. The van der Waals surface area contributed by atoms with Gasteiger partial charge in [-0.25, -0.2) is 33.8 Å². The number of rotatable bonds is 17. The number of thioether (sulfide) groups is 2. The van der Waals surface area contributed by atoms with Crippen LogP contribution in [0.25, 0.3) is 0 Å². The Bertz CT molecular complexity index is 4040. The first-order chi connectivity index (χ1) is 45.7. The average Bonchev–Trinajstić information content (AvgIpc) is 1.99. The molecule has 3 saturated heterocycles. The number of nitrogens with zero attached hydrogens (tertiary/aromatic N) is 5. The smallest absolute Gasteiger partial charge is 0.350 e. The van der Waals surface area contributed by atoms with E-state index < -0.39 is 51.2 Å². The molecule has 0 radical (unpaired) electrons. The predicted molar refractivity (Wildman–Crippen MR) is 351 cm³/mol. The number of aromatic amines is 1. The first kappa shape index (κ1) is 67.9. The zero-order chi connectivity index (χ0) is 66.0. The summed E-state index contributed by atoms with van der Waals surface area (Å²) in [6, 6.07) is 56.8. The molecule has 12 rings (SSSR count). The van der Waals surface area contributed by atoms with Gasteiger partial charge in [-0.15, -0.1) is 0 Å². The maximum absolute atomic E-state index is 12.4. The summed E-state index contributed by atoms with van der Waals surface area (Å²) in [6.45, 7) is 1.22. The highest BCUT2D eigenvalue weighted by Crippen LogP contribution is 2.36. The van der Waals surface area contributed by atoms with Gasteiger partial charge in [0, 0.05) is 41.0 Å². The van der Waals surface area contributed by atoms with Gasteiger partial charge in [-0.2, -0.15) is 9.97 Å². The van der Waals surface area contributed by atoms with E-state index in [1.807, 2.05) is 36.4 Å². The van der Waals surface area contributed by atoms with E-state index in [1.54, 1.807) is 170 Å². The predicted octanol–water partition coefficient (Wildman–Crippen LogP) is 7.85. The Morgan fingerprint density at radius 1 is 0.479 bits per heavy atom. The molecule has 0 aliphatic carbocycles. The Labute approximate surface area is 547 Å². The summed E-state index contributed by atoms with van der Waals surface area (Å²) in [5, 5.41) is 7.18. The third-order valence-electron chi connectivity index (χ3n) is 13.2. The number of aromatic nitrogens is 6. The maximum Gasteiger partial charge on any atom is 0.350 e. The van der Waals surface area contributed by atoms with Crippen molar-refractivity contribution in [3.8, 4) is 0 Å². The molecule has 2 unspecified atom stereocenters. The minimum Gasteiger partial charge on any atom is -0.458 e. The molecular formula is C66H59N9O16S3. The first-order valence-corrected chi connectivity index (χ1v) is 32.0. The fraction of sp³-hybridized carbons (Fsp3) is 0.182. The summed E-state index contributed by atoms with van der Waals surface area (Å²) in [5.41, 5.74) is 0.158. The monoisotopic (exact) mass is 1330 g/mol. The minimum atomic E-state index is -1.03. The van der Waals surface area contributed by atoms with Crippen LogP contribution in [0.3, 0.4) is 0 Å². The third kappa shape index (κ3) is 20.5. The highest BCUT2D eigenvalue weighted by molar-refractivity contribution is 8.00. The van der Waals surface area contributed by atoms with Crippen LogP contribution in [0.2, 0.25) is 0 Å². The lowest BCUT2D eigenvalue weighted by Crippen LogP contribution is -2.27. The number of H-pyrrole nitrogens is 1. The largest absolute Gasteiger partial charge is 0.458 e. The lowest BCUT2D eigenvalue weighted by molar-refractivity contribution is 0.0268. The van der Waals surface area contributed by atoms with Crippen molar-refractivity contribution in [3.05, 3.63) is 284 Å². The van der Waals surface area contributed by atoms with Crippen molar-refractivity contribution in [2.75, 3.05) is 61.3 Å². The van der Waals surface area contributed by atoms with Crippen LogP contribution >= 0.6 is 23.5 Å². The molecule has 0 spiro atoms. The van der Waals surface area contributed by atoms with Crippen LogP contribution in [-0.2, 0) is 39.2 Å². The fourth-order valence-corrected chi connectivity index (χ4v) is 11.7. The number of carbonyl (C=O) groups is 6. The highest BCUT2D eigenvalue weighted by Gasteiger charge is 2.32. The number of amides is 3. The molecule has 3 amide bonds. The van der Waals surface area contributed by atoms with Crippen molar-refractivity contribution in [1.82, 2.24) is 29.1 Å². The van der Waals surface area contributed by atoms with Crippen LogP contribution in [0.1, 0.15) is 72.9 Å². The van der Waals surface area contributed by atoms with Crippen molar-refractivity contribution in [1.29, 1.82) is 0 Å². The van der Waals surface area contributed by atoms with Crippen molar-refractivity contribution in [3.63, 3.8) is 0 Å². The molecule has 28 heteroatoms. The standard InChI is InChI=1S/2C22H19N3O5S.C11H9N3O2.C11H12O4S/c2*26-20(15-7-3-1-4-8-15)23-17-11-12-25(22(28)24-17)18-13-29-19(31-18)14-30-21(27)16-9-5-2-6-10-16;15-10(8-4-2-1-3-5-8)13-9-6-7-12-11(16)14-9;12-11(9-4-2-1-3-5-9)15-8-10-14-6-7-16(10)13/h2*1-12,18-19H,13-14H2,(H,23,24,26,28);1-7H,(H2,12,13,14,15,16);1-5,10H,6-8H2/t18?,19-;18-,19-;;10-,16?/m11.1/s1. The van der Waals surface area contributed by atoms with Crippen molar-refractivity contribution in [2.45, 2.75) is 27.1 Å². The van der Waals surface area contributed by atoms with Crippen molar-refractivity contribution >= 4 is 87.4 Å². The van der Waals surface area contributed by atoms with E-state index in [-0.39, 0.29) is 84.0 Å². The highest BCUT2D eigenvalue weighted by atomic mass is 32.2. The zero-order valence-corrected chi connectivity index (χ0v) is 52.1. The summed E-state index contributed by atoms with van der Waals surface area (Å²) < 4.78 is 46.3. The van der Waals surface area contributed by atoms with Crippen LogP contribution in [0, 0.1) is 0 Å². The summed E-state index contributed by atoms with van der Waals surface area (Å²) in [4.78, 5) is 121. The molecular weight excluding hydrogens is 1270 g/mol. The number of benzene rings is 6. The number of esters is 3. The lowest BCUT2D eigenvalue weighted by atomic mass is 10.2. The van der Waals surface area contributed by atoms with Crippen LogP contribution in [0.15, 0.2) is 233 Å². The molecule has 6 heterocycles. The molecule has 3 fully saturated rings. The van der Waals surface area contributed by atoms with E-state index in [4.69, 9.17) is 28.4 Å². The number of hydrogen-bond acceptors (Lipinski definition) is 21. The minimum absolute atomic E-state index is 0.0559. The molecule has 25 nitrogen and oxygen atoms in total. The lowest BCUT2D eigenvalue weighted by Gasteiger charge is -2.13. The van der Waals surface area contributed by atoms with Gasteiger partial charge in [0.25, 0.3) is 17.7 Å². The number of ether oxygens (including phenoxy) is 6. The van der Waals surface area contributed by atoms with E-state index in [2.05, 4.69) is 35.9 Å². The SMILES string of the molecule is O=C(Nc1ccn(C2CO[C@@H](COC(=O)c3ccccc3)S2)c(=O)n1)c1ccccc1.O=C(Nc1ccn([C@H]2CO[C@@H](COC(=O)c3ccccc3)S2)c(=O)n1)c1ccccc1.O=C(Nc1ccnc(=O)[nH]1)c1ccccc1.O=C(OC[C@@H]1OCCS1=O)c1ccccc1. The van der Waals surface area contributed by atoms with Crippen LogP contribution in [-0.4, -0.2) is 131 Å². The zero-order valence-electron chi connectivity index (χ0n) is 49.6. The van der Waals surface area contributed by atoms with Crippen molar-refractivity contribution < 1.29 is 61.4 Å². The fourth-order valence-electron chi connectivity index (χ4n) is 8.53. The van der Waals surface area contributed by atoms with Gasteiger partial charge in [-0.1, -0.05) is 133 Å². The van der Waals surface area contributed by atoms with Crippen LogP contribution in [0.5, 0.6) is 0 Å². The van der Waals surface area contributed by atoms with E-state index >= 15 is 0 Å². The van der Waals surface area contributed by atoms with Gasteiger partial charge in [0.2, 0.25) is 0 Å². The molecule has 3 aliphatic rings. The molecule has 4 N–H and O–H groups in total. The maximum atomic E-state index is 12.4.